The number of aromatic nitrogens is 1. The van der Waals surface area contributed by atoms with Gasteiger partial charge in [-0.05, 0) is 31.2 Å². The number of benzene rings is 2. The van der Waals surface area contributed by atoms with Crippen molar-refractivity contribution in [1.82, 2.24) is 4.98 Å². The maximum Gasteiger partial charge on any atom is 0.261 e. The summed E-state index contributed by atoms with van der Waals surface area (Å²) < 4.78 is 27.2. The third kappa shape index (κ3) is 3.18. The van der Waals surface area contributed by atoms with Crippen LogP contribution in [0.3, 0.4) is 0 Å². The molecule has 0 saturated carbocycles. The predicted octanol–water partition coefficient (Wildman–Crippen LogP) is 3.92. The van der Waals surface area contributed by atoms with Crippen LogP contribution in [0.15, 0.2) is 64.3 Å². The molecule has 1 heterocycles. The minimum Gasteiger partial charge on any atom is -0.280 e. The van der Waals surface area contributed by atoms with E-state index in [1.165, 1.54) is 11.3 Å². The normalized spacial score (nSPS) is 11.3. The Morgan fingerprint density at radius 3 is 2.27 bits per heavy atom. The van der Waals surface area contributed by atoms with Crippen LogP contribution in [0.25, 0.3) is 11.3 Å². The summed E-state index contributed by atoms with van der Waals surface area (Å²) in [4.78, 5) is 4.48. The molecule has 112 valence electrons. The molecule has 0 fully saturated rings. The van der Waals surface area contributed by atoms with Crippen molar-refractivity contribution < 1.29 is 8.42 Å². The van der Waals surface area contributed by atoms with Crippen molar-refractivity contribution in [3.63, 3.8) is 0 Å². The van der Waals surface area contributed by atoms with Gasteiger partial charge in [0.25, 0.3) is 10.0 Å². The van der Waals surface area contributed by atoms with Gasteiger partial charge in [-0.3, -0.25) is 4.72 Å². The highest BCUT2D eigenvalue weighted by Crippen LogP contribution is 2.22. The van der Waals surface area contributed by atoms with E-state index in [9.17, 15) is 8.42 Å². The van der Waals surface area contributed by atoms with Gasteiger partial charge in [0.2, 0.25) is 0 Å². The molecule has 6 heteroatoms. The van der Waals surface area contributed by atoms with Crippen molar-refractivity contribution in [3.05, 3.63) is 65.0 Å². The Morgan fingerprint density at radius 1 is 1.00 bits per heavy atom. The molecule has 0 aliphatic rings. The van der Waals surface area contributed by atoms with E-state index in [1.807, 2.05) is 24.4 Å². The molecule has 4 nitrogen and oxygen atoms in total. The molecule has 0 amide bonds. The SMILES string of the molecule is Cc1ccc(S(=O)(=O)Nc2ccc(-c3cscn3)cc2)cc1. The second kappa shape index (κ2) is 5.90. The smallest absolute Gasteiger partial charge is 0.261 e. The number of anilines is 1. The largest absolute Gasteiger partial charge is 0.280 e. The molecule has 3 aromatic rings. The third-order valence-electron chi connectivity index (χ3n) is 3.20. The average Bonchev–Trinajstić information content (AvgIpc) is 3.02. The summed E-state index contributed by atoms with van der Waals surface area (Å²) >= 11 is 1.52. The third-order valence-corrected chi connectivity index (χ3v) is 5.18. The number of sulfonamides is 1. The number of rotatable bonds is 4. The highest BCUT2D eigenvalue weighted by Gasteiger charge is 2.13. The lowest BCUT2D eigenvalue weighted by Crippen LogP contribution is -2.12. The maximum atomic E-state index is 12.3. The van der Waals surface area contributed by atoms with E-state index in [0.29, 0.717) is 5.69 Å². The number of aryl methyl sites for hydroxylation is 1. The second-order valence-corrected chi connectivity index (χ2v) is 7.27. The quantitative estimate of drug-likeness (QED) is 0.789. The molecular weight excluding hydrogens is 316 g/mol. The fourth-order valence-corrected chi connectivity index (χ4v) is 3.62. The van der Waals surface area contributed by atoms with Crippen molar-refractivity contribution in [3.8, 4) is 11.3 Å². The number of hydrogen-bond acceptors (Lipinski definition) is 4. The van der Waals surface area contributed by atoms with Crippen molar-refractivity contribution in [2.24, 2.45) is 0 Å². The first-order valence-electron chi connectivity index (χ1n) is 6.63. The number of thiazole rings is 1. The summed E-state index contributed by atoms with van der Waals surface area (Å²) in [6.45, 7) is 1.92. The van der Waals surface area contributed by atoms with Gasteiger partial charge in [-0.1, -0.05) is 29.8 Å². The highest BCUT2D eigenvalue weighted by atomic mass is 32.2. The van der Waals surface area contributed by atoms with E-state index < -0.39 is 10.0 Å². The van der Waals surface area contributed by atoms with Gasteiger partial charge < -0.3 is 0 Å². The molecule has 3 rings (SSSR count). The van der Waals surface area contributed by atoms with Gasteiger partial charge in [-0.2, -0.15) is 0 Å². The molecular formula is C16H14N2O2S2. The zero-order chi connectivity index (χ0) is 15.6. The van der Waals surface area contributed by atoms with Gasteiger partial charge in [0.1, 0.15) is 0 Å². The van der Waals surface area contributed by atoms with Gasteiger partial charge in [-0.25, -0.2) is 13.4 Å². The molecule has 0 aliphatic carbocycles. The lowest BCUT2D eigenvalue weighted by molar-refractivity contribution is 0.601. The van der Waals surface area contributed by atoms with Gasteiger partial charge >= 0.3 is 0 Å². The summed E-state index contributed by atoms with van der Waals surface area (Å²) in [5, 5.41) is 1.95. The predicted molar refractivity (Wildman–Crippen MR) is 89.5 cm³/mol. The van der Waals surface area contributed by atoms with Crippen LogP contribution in [0.1, 0.15) is 5.56 Å². The van der Waals surface area contributed by atoms with Crippen molar-refractivity contribution in [2.75, 3.05) is 4.72 Å². The van der Waals surface area contributed by atoms with E-state index in [0.717, 1.165) is 16.8 Å². The van der Waals surface area contributed by atoms with Crippen LogP contribution in [0.4, 0.5) is 5.69 Å². The number of nitrogens with one attached hydrogen (secondary N) is 1. The standard InChI is InChI=1S/C16H14N2O2S2/c1-12-2-8-15(9-3-12)22(19,20)18-14-6-4-13(5-7-14)16-10-21-11-17-16/h2-11,18H,1H3. The van der Waals surface area contributed by atoms with Crippen LogP contribution in [-0.2, 0) is 10.0 Å². The topological polar surface area (TPSA) is 59.1 Å². The van der Waals surface area contributed by atoms with Crippen LogP contribution >= 0.6 is 11.3 Å². The summed E-state index contributed by atoms with van der Waals surface area (Å²) in [5.74, 6) is 0. The summed E-state index contributed by atoms with van der Waals surface area (Å²) in [6, 6.07) is 13.9. The van der Waals surface area contributed by atoms with E-state index in [1.54, 1.807) is 41.9 Å². The molecule has 0 bridgehead atoms. The van der Waals surface area contributed by atoms with E-state index in [2.05, 4.69) is 9.71 Å². The Kier molecular flexibility index (Phi) is 3.96. The second-order valence-electron chi connectivity index (χ2n) is 4.87. The summed E-state index contributed by atoms with van der Waals surface area (Å²) in [7, 11) is -3.56. The Morgan fingerprint density at radius 2 is 1.68 bits per heavy atom. The lowest BCUT2D eigenvalue weighted by Gasteiger charge is -2.08. The first-order chi connectivity index (χ1) is 10.5. The summed E-state index contributed by atoms with van der Waals surface area (Å²) in [6.07, 6.45) is 0. The van der Waals surface area contributed by atoms with E-state index in [4.69, 9.17) is 0 Å². The zero-order valence-corrected chi connectivity index (χ0v) is 13.5. The Labute approximate surface area is 133 Å². The van der Waals surface area contributed by atoms with Crippen LogP contribution in [-0.4, -0.2) is 13.4 Å². The van der Waals surface area contributed by atoms with Gasteiger partial charge in [0, 0.05) is 16.6 Å². The fraction of sp³-hybridized carbons (Fsp3) is 0.0625. The van der Waals surface area contributed by atoms with Crippen molar-refractivity contribution in [1.29, 1.82) is 0 Å². The van der Waals surface area contributed by atoms with Crippen LogP contribution < -0.4 is 4.72 Å². The molecule has 1 aromatic heterocycles. The molecule has 0 spiro atoms. The number of hydrogen-bond donors (Lipinski definition) is 1. The molecule has 0 radical (unpaired) electrons. The van der Waals surface area contributed by atoms with Gasteiger partial charge in [0.05, 0.1) is 16.1 Å². The van der Waals surface area contributed by atoms with Crippen LogP contribution in [0, 0.1) is 6.92 Å². The number of nitrogens with zero attached hydrogens (tertiary/aromatic N) is 1. The van der Waals surface area contributed by atoms with Crippen LogP contribution in [0.5, 0.6) is 0 Å². The average molecular weight is 330 g/mol. The van der Waals surface area contributed by atoms with E-state index in [-0.39, 0.29) is 4.90 Å². The molecule has 1 N–H and O–H groups in total. The fourth-order valence-electron chi connectivity index (χ4n) is 2.00. The molecule has 2 aromatic carbocycles. The summed E-state index contributed by atoms with van der Waals surface area (Å²) in [5.41, 5.74) is 5.16. The molecule has 22 heavy (non-hydrogen) atoms. The monoisotopic (exact) mass is 330 g/mol. The van der Waals surface area contributed by atoms with E-state index >= 15 is 0 Å². The molecule has 0 saturated heterocycles. The van der Waals surface area contributed by atoms with Crippen molar-refractivity contribution in [2.45, 2.75) is 11.8 Å². The maximum absolute atomic E-state index is 12.3. The molecule has 0 unspecified atom stereocenters. The van der Waals surface area contributed by atoms with Gasteiger partial charge in [-0.15, -0.1) is 11.3 Å². The van der Waals surface area contributed by atoms with Gasteiger partial charge in [0.15, 0.2) is 0 Å². The minimum absolute atomic E-state index is 0.252. The molecule has 0 atom stereocenters. The van der Waals surface area contributed by atoms with Crippen molar-refractivity contribution >= 4 is 27.0 Å². The first kappa shape index (κ1) is 14.7. The zero-order valence-electron chi connectivity index (χ0n) is 11.9. The Bertz CT molecular complexity index is 854. The first-order valence-corrected chi connectivity index (χ1v) is 9.05. The molecule has 0 aliphatic heterocycles. The minimum atomic E-state index is -3.56. The van der Waals surface area contributed by atoms with Crippen LogP contribution in [0.2, 0.25) is 0 Å². The Hall–Kier alpha value is -2.18. The highest BCUT2D eigenvalue weighted by molar-refractivity contribution is 7.92. The lowest BCUT2D eigenvalue weighted by atomic mass is 10.2. The Balaban J connectivity index is 1.82.